The van der Waals surface area contributed by atoms with Gasteiger partial charge < -0.3 is 19.2 Å². The third-order valence-electron chi connectivity index (χ3n) is 7.21. The summed E-state index contributed by atoms with van der Waals surface area (Å²) in [6.07, 6.45) is 3.19. The molecule has 1 aliphatic heterocycles. The lowest BCUT2D eigenvalue weighted by Crippen LogP contribution is -2.42. The summed E-state index contributed by atoms with van der Waals surface area (Å²) in [5.74, 6) is -0.206. The molecule has 2 unspecified atom stereocenters. The quantitative estimate of drug-likeness (QED) is 0.245. The topological polar surface area (TPSA) is 126 Å². The number of nitrogens with zero attached hydrogens (tertiary/aromatic N) is 1. The molecule has 1 saturated heterocycles. The second-order valence-electron chi connectivity index (χ2n) is 10.2. The molecule has 9 nitrogen and oxygen atoms in total. The van der Waals surface area contributed by atoms with Crippen molar-refractivity contribution in [2.24, 2.45) is 0 Å². The number of sulfonamides is 1. The van der Waals surface area contributed by atoms with Gasteiger partial charge in [0.2, 0.25) is 15.9 Å². The Morgan fingerprint density at radius 1 is 0.976 bits per heavy atom. The van der Waals surface area contributed by atoms with Crippen LogP contribution in [0, 0.1) is 0 Å². The van der Waals surface area contributed by atoms with Crippen LogP contribution < -0.4 is 9.46 Å². The molecule has 0 radical (unpaired) electrons. The highest BCUT2D eigenvalue weighted by molar-refractivity contribution is 7.89. The second kappa shape index (κ2) is 13.1. The van der Waals surface area contributed by atoms with Gasteiger partial charge in [-0.1, -0.05) is 60.7 Å². The summed E-state index contributed by atoms with van der Waals surface area (Å²) in [6.45, 7) is 1.05. The normalized spacial score (nSPS) is 15.8. The van der Waals surface area contributed by atoms with Gasteiger partial charge in [-0.05, 0) is 54.3 Å². The number of hydrogen-bond acceptors (Lipinski definition) is 6. The van der Waals surface area contributed by atoms with Crippen molar-refractivity contribution in [3.63, 3.8) is 0 Å². The molecule has 10 heteroatoms. The third-order valence-corrected chi connectivity index (χ3v) is 8.70. The average molecular weight is 589 g/mol. The fraction of sp³-hybridized carbons (Fsp3) is 0.250. The van der Waals surface area contributed by atoms with Crippen LogP contribution >= 0.6 is 0 Å². The molecule has 0 aliphatic carbocycles. The van der Waals surface area contributed by atoms with Crippen LogP contribution in [0.2, 0.25) is 0 Å². The van der Waals surface area contributed by atoms with Crippen molar-refractivity contribution in [1.82, 2.24) is 9.62 Å². The van der Waals surface area contributed by atoms with Gasteiger partial charge in [0.25, 0.3) is 0 Å². The van der Waals surface area contributed by atoms with Gasteiger partial charge in [0.1, 0.15) is 24.2 Å². The van der Waals surface area contributed by atoms with Gasteiger partial charge in [-0.25, -0.2) is 8.42 Å². The Labute approximate surface area is 244 Å². The van der Waals surface area contributed by atoms with Crippen molar-refractivity contribution in [2.45, 2.75) is 49.3 Å². The maximum absolute atomic E-state index is 13.3. The Hall–Kier alpha value is -4.41. The molecule has 1 aromatic heterocycles. The maximum atomic E-state index is 13.3. The molecule has 0 spiro atoms. The van der Waals surface area contributed by atoms with E-state index < -0.39 is 22.0 Å². The van der Waals surface area contributed by atoms with Gasteiger partial charge in [-0.2, -0.15) is 4.72 Å². The number of rotatable bonds is 12. The smallest absolute Gasteiger partial charge is 0.322 e. The van der Waals surface area contributed by atoms with Crippen LogP contribution in [0.3, 0.4) is 0 Å². The number of benzene rings is 3. The van der Waals surface area contributed by atoms with Crippen molar-refractivity contribution < 1.29 is 32.3 Å². The Morgan fingerprint density at radius 2 is 1.64 bits per heavy atom. The lowest BCUT2D eigenvalue weighted by molar-refractivity contribution is -0.139. The number of aliphatic carboxylic acids is 1. The second-order valence-corrected chi connectivity index (χ2v) is 11.9. The van der Waals surface area contributed by atoms with Gasteiger partial charge >= 0.3 is 5.97 Å². The Bertz CT molecular complexity index is 1600. The number of nitrogens with one attached hydrogen (secondary N) is 1. The fourth-order valence-corrected chi connectivity index (χ4v) is 6.25. The minimum absolute atomic E-state index is 0.00688. The number of ether oxygens (including phenoxy) is 1. The summed E-state index contributed by atoms with van der Waals surface area (Å²) < 4.78 is 39.0. The highest BCUT2D eigenvalue weighted by Gasteiger charge is 2.32. The molecular formula is C32H32N2O7S. The largest absolute Gasteiger partial charge is 0.489 e. The van der Waals surface area contributed by atoms with E-state index >= 15 is 0 Å². The van der Waals surface area contributed by atoms with E-state index in [0.29, 0.717) is 18.9 Å². The zero-order chi connectivity index (χ0) is 29.5. The van der Waals surface area contributed by atoms with Crippen molar-refractivity contribution in [3.05, 3.63) is 120 Å². The molecule has 5 rings (SSSR count). The molecule has 1 amide bonds. The number of para-hydroxylation sites is 1. The molecule has 2 heterocycles. The first-order valence-corrected chi connectivity index (χ1v) is 15.2. The molecule has 0 bridgehead atoms. The van der Waals surface area contributed by atoms with Gasteiger partial charge in [0.15, 0.2) is 0 Å². The molecule has 3 aromatic carbocycles. The monoisotopic (exact) mass is 588 g/mol. The van der Waals surface area contributed by atoms with E-state index in [2.05, 4.69) is 4.72 Å². The van der Waals surface area contributed by atoms with Crippen LogP contribution in [0.5, 0.6) is 5.75 Å². The number of carboxylic acids is 1. The van der Waals surface area contributed by atoms with Gasteiger partial charge in [-0.3, -0.25) is 9.59 Å². The van der Waals surface area contributed by atoms with Crippen molar-refractivity contribution in [3.8, 4) is 5.75 Å². The minimum Gasteiger partial charge on any atom is -0.489 e. The highest BCUT2D eigenvalue weighted by Crippen LogP contribution is 2.34. The molecule has 2 N–H and O–H groups in total. The summed E-state index contributed by atoms with van der Waals surface area (Å²) in [4.78, 5) is 27.0. The number of carbonyl (C=O) groups excluding carboxylic acids is 1. The highest BCUT2D eigenvalue weighted by atomic mass is 32.2. The Morgan fingerprint density at radius 3 is 2.33 bits per heavy atom. The third kappa shape index (κ3) is 7.26. The van der Waals surface area contributed by atoms with E-state index in [9.17, 15) is 23.1 Å². The summed E-state index contributed by atoms with van der Waals surface area (Å²) in [6, 6.07) is 25.1. The van der Waals surface area contributed by atoms with Crippen molar-refractivity contribution in [1.29, 1.82) is 0 Å². The number of hydrogen-bond donors (Lipinski definition) is 2. The zero-order valence-electron chi connectivity index (χ0n) is 22.9. The summed E-state index contributed by atoms with van der Waals surface area (Å²) in [5.41, 5.74) is 2.67. The van der Waals surface area contributed by atoms with Crippen LogP contribution in [-0.2, 0) is 39.1 Å². The van der Waals surface area contributed by atoms with E-state index in [-0.39, 0.29) is 29.7 Å². The molecule has 1 aliphatic rings. The van der Waals surface area contributed by atoms with Crippen LogP contribution in [0.1, 0.15) is 41.3 Å². The molecule has 218 valence electrons. The summed E-state index contributed by atoms with van der Waals surface area (Å²) in [5, 5.41) is 9.69. The van der Waals surface area contributed by atoms with Crippen LogP contribution in [0.25, 0.3) is 0 Å². The first kappa shape index (κ1) is 29.1. The number of likely N-dealkylation sites (tertiary alicyclic amines) is 1. The minimum atomic E-state index is -4.03. The molecule has 1 fully saturated rings. The molecular weight excluding hydrogens is 556 g/mol. The number of amides is 1. The molecule has 42 heavy (non-hydrogen) atoms. The summed E-state index contributed by atoms with van der Waals surface area (Å²) in [7, 11) is -4.03. The standard InChI is InChI=1S/C32H32N2O7S/c35-31(18-23-13-15-24(16-14-23)21-40-26-8-3-1-4-9-26)34-17-7-12-30(34)25-19-27(41-22-25)20-29(32(36)37)33-42(38,39)28-10-5-2-6-11-28/h1-6,8-11,13-16,19,22,29-30,33H,7,12,17-18,20-21H2,(H,36,37). The van der Waals surface area contributed by atoms with E-state index in [1.165, 1.54) is 18.4 Å². The number of carboxylic acid groups (broad SMARTS) is 1. The van der Waals surface area contributed by atoms with E-state index in [1.807, 2.05) is 59.5 Å². The van der Waals surface area contributed by atoms with E-state index in [1.54, 1.807) is 24.3 Å². The number of carbonyl (C=O) groups is 2. The first-order valence-electron chi connectivity index (χ1n) is 13.7. The predicted octanol–water partition coefficient (Wildman–Crippen LogP) is 4.74. The van der Waals surface area contributed by atoms with E-state index in [0.717, 1.165) is 35.3 Å². The van der Waals surface area contributed by atoms with Crippen LogP contribution in [-0.4, -0.2) is 42.9 Å². The van der Waals surface area contributed by atoms with Crippen LogP contribution in [0.15, 0.2) is 107 Å². The fourth-order valence-electron chi connectivity index (χ4n) is 5.04. The van der Waals surface area contributed by atoms with Gasteiger partial charge in [0.05, 0.1) is 23.6 Å². The molecule has 2 atom stereocenters. The lowest BCUT2D eigenvalue weighted by Gasteiger charge is -2.24. The van der Waals surface area contributed by atoms with Crippen molar-refractivity contribution in [2.75, 3.05) is 6.54 Å². The Kier molecular flexibility index (Phi) is 9.04. The SMILES string of the molecule is O=C(O)C(Cc1cc(C2CCCN2C(=O)Cc2ccc(COc3ccccc3)cc2)co1)NS(=O)(=O)c1ccccc1. The molecule has 0 saturated carbocycles. The predicted molar refractivity (Wildman–Crippen MR) is 155 cm³/mol. The number of furan rings is 1. The van der Waals surface area contributed by atoms with Crippen molar-refractivity contribution >= 4 is 21.9 Å². The first-order chi connectivity index (χ1) is 20.3. The average Bonchev–Trinajstić information content (AvgIpc) is 3.67. The Balaban J connectivity index is 1.19. The van der Waals surface area contributed by atoms with E-state index in [4.69, 9.17) is 9.15 Å². The van der Waals surface area contributed by atoms with Crippen LogP contribution in [0.4, 0.5) is 0 Å². The lowest BCUT2D eigenvalue weighted by atomic mass is 10.0. The van der Waals surface area contributed by atoms with Gasteiger partial charge in [-0.15, -0.1) is 0 Å². The molecule has 4 aromatic rings. The zero-order valence-corrected chi connectivity index (χ0v) is 23.7. The maximum Gasteiger partial charge on any atom is 0.322 e. The van der Waals surface area contributed by atoms with Gasteiger partial charge in [0, 0.05) is 18.5 Å². The summed E-state index contributed by atoms with van der Waals surface area (Å²) >= 11 is 0.